The van der Waals surface area contributed by atoms with E-state index in [2.05, 4.69) is 45.7 Å². The molecule has 0 N–H and O–H groups in total. The van der Waals surface area contributed by atoms with Crippen LogP contribution in [0.2, 0.25) is 5.02 Å². The van der Waals surface area contributed by atoms with E-state index in [1.54, 1.807) is 0 Å². The van der Waals surface area contributed by atoms with Gasteiger partial charge >= 0.3 is 0 Å². The second kappa shape index (κ2) is 5.91. The Morgan fingerprint density at radius 2 is 2.12 bits per heavy atom. The minimum atomic E-state index is 0.209. The number of aryl methyl sites for hydroxylation is 1. The topological polar surface area (TPSA) is 30.7 Å². The normalized spacial score (nSPS) is 14.4. The van der Waals surface area contributed by atoms with Crippen molar-refractivity contribution in [3.63, 3.8) is 0 Å². The fraction of sp³-hybridized carbons (Fsp3) is 0.200. The molecule has 0 fully saturated rings. The average Bonchev–Trinajstić information content (AvgIpc) is 2.93. The molecule has 0 unspecified atom stereocenters. The van der Waals surface area contributed by atoms with Gasteiger partial charge in [-0.25, -0.2) is 4.98 Å². The molecule has 120 valence electrons. The van der Waals surface area contributed by atoms with E-state index in [4.69, 9.17) is 11.6 Å². The lowest BCUT2D eigenvalue weighted by Gasteiger charge is -2.19. The van der Waals surface area contributed by atoms with Crippen molar-refractivity contribution < 1.29 is 0 Å². The van der Waals surface area contributed by atoms with Gasteiger partial charge in [0.05, 0.1) is 12.0 Å². The van der Waals surface area contributed by atoms with Crippen molar-refractivity contribution in [1.29, 1.82) is 0 Å². The van der Waals surface area contributed by atoms with Gasteiger partial charge in [-0.3, -0.25) is 4.98 Å². The highest BCUT2D eigenvalue weighted by molar-refractivity contribution is 6.30. The molecule has 1 aromatic carbocycles. The van der Waals surface area contributed by atoms with Crippen LogP contribution in [0.5, 0.6) is 0 Å². The summed E-state index contributed by atoms with van der Waals surface area (Å²) in [7, 11) is 2.03. The van der Waals surface area contributed by atoms with E-state index in [0.29, 0.717) is 0 Å². The number of benzene rings is 1. The van der Waals surface area contributed by atoms with Crippen molar-refractivity contribution in [1.82, 2.24) is 14.5 Å². The third kappa shape index (κ3) is 2.55. The van der Waals surface area contributed by atoms with Gasteiger partial charge in [-0.1, -0.05) is 30.7 Å². The van der Waals surface area contributed by atoms with Gasteiger partial charge in [0.2, 0.25) is 0 Å². The zero-order chi connectivity index (χ0) is 16.7. The number of fused-ring (bicyclic) bond motifs is 2. The summed E-state index contributed by atoms with van der Waals surface area (Å²) >= 11 is 6.31. The first kappa shape index (κ1) is 15.2. The van der Waals surface area contributed by atoms with E-state index in [0.717, 1.165) is 17.1 Å². The maximum absolute atomic E-state index is 6.31. The zero-order valence-electron chi connectivity index (χ0n) is 13.7. The summed E-state index contributed by atoms with van der Waals surface area (Å²) in [4.78, 5) is 8.86. The van der Waals surface area contributed by atoms with Crippen LogP contribution < -0.4 is 0 Å². The van der Waals surface area contributed by atoms with E-state index in [1.807, 2.05) is 37.9 Å². The molecule has 0 radical (unpaired) electrons. The Morgan fingerprint density at radius 3 is 2.92 bits per heavy atom. The first-order valence-electron chi connectivity index (χ1n) is 8.04. The first-order chi connectivity index (χ1) is 11.6. The van der Waals surface area contributed by atoms with Crippen LogP contribution in [0, 0.1) is 0 Å². The van der Waals surface area contributed by atoms with Crippen molar-refractivity contribution in [3.8, 4) is 0 Å². The van der Waals surface area contributed by atoms with Crippen LogP contribution in [-0.4, -0.2) is 14.5 Å². The molecule has 0 amide bonds. The molecular formula is C20H18ClN3. The minimum absolute atomic E-state index is 0.209. The number of imidazole rings is 1. The van der Waals surface area contributed by atoms with Crippen LogP contribution in [0.25, 0.3) is 11.6 Å². The minimum Gasteiger partial charge on any atom is -0.337 e. The largest absolute Gasteiger partial charge is 0.337 e. The molecule has 0 spiro atoms. The smallest absolute Gasteiger partial charge is 0.0945 e. The Balaban J connectivity index is 1.94. The molecule has 1 aliphatic carbocycles. The first-order valence-corrected chi connectivity index (χ1v) is 8.42. The number of rotatable bonds is 2. The number of aromatic nitrogens is 3. The fourth-order valence-corrected chi connectivity index (χ4v) is 3.60. The lowest BCUT2D eigenvalue weighted by atomic mass is 9.88. The lowest BCUT2D eigenvalue weighted by Crippen LogP contribution is -2.04. The van der Waals surface area contributed by atoms with Gasteiger partial charge < -0.3 is 4.57 Å². The maximum atomic E-state index is 6.31. The highest BCUT2D eigenvalue weighted by Gasteiger charge is 2.22. The second-order valence-electron chi connectivity index (χ2n) is 6.27. The van der Waals surface area contributed by atoms with E-state index < -0.39 is 0 Å². The number of pyridine rings is 1. The van der Waals surface area contributed by atoms with Crippen LogP contribution in [0.1, 0.15) is 40.9 Å². The van der Waals surface area contributed by atoms with Crippen molar-refractivity contribution >= 4 is 23.3 Å². The van der Waals surface area contributed by atoms with Gasteiger partial charge in [-0.15, -0.1) is 0 Å². The van der Waals surface area contributed by atoms with Crippen molar-refractivity contribution in [2.24, 2.45) is 7.05 Å². The zero-order valence-corrected chi connectivity index (χ0v) is 14.5. The molecule has 1 atom stereocenters. The maximum Gasteiger partial charge on any atom is 0.0945 e. The second-order valence-corrected chi connectivity index (χ2v) is 6.70. The van der Waals surface area contributed by atoms with E-state index >= 15 is 0 Å². The van der Waals surface area contributed by atoms with Crippen LogP contribution in [0.4, 0.5) is 0 Å². The van der Waals surface area contributed by atoms with Crippen LogP contribution >= 0.6 is 11.6 Å². The standard InChI is InChI=1S/C20H18ClN3/c1-13(20-11-22-12-24(20)2)17-8-15-4-3-7-23-19(15)9-14-5-6-16(21)10-18(14)17/h3-8,10-13H,9H2,1-2H3/t13-/m1/s1. The molecule has 4 heteroatoms. The summed E-state index contributed by atoms with van der Waals surface area (Å²) in [5.41, 5.74) is 7.18. The van der Waals surface area contributed by atoms with Gasteiger partial charge in [0.25, 0.3) is 0 Å². The summed E-state index contributed by atoms with van der Waals surface area (Å²) in [5, 5.41) is 0.760. The monoisotopic (exact) mass is 335 g/mol. The molecule has 3 nitrogen and oxygen atoms in total. The molecule has 1 aliphatic rings. The number of hydrogen-bond donors (Lipinski definition) is 0. The molecule has 0 saturated carbocycles. The number of hydrogen-bond acceptors (Lipinski definition) is 2. The number of allylic oxidation sites excluding steroid dienone is 1. The molecule has 0 bridgehead atoms. The predicted octanol–water partition coefficient (Wildman–Crippen LogP) is 4.72. The van der Waals surface area contributed by atoms with E-state index in [1.165, 1.54) is 28.0 Å². The van der Waals surface area contributed by atoms with Gasteiger partial charge in [0.1, 0.15) is 0 Å². The quantitative estimate of drug-likeness (QED) is 0.678. The highest BCUT2D eigenvalue weighted by atomic mass is 35.5. The molecule has 24 heavy (non-hydrogen) atoms. The molecule has 2 aromatic heterocycles. The Morgan fingerprint density at radius 1 is 1.25 bits per heavy atom. The molecule has 0 saturated heterocycles. The molecule has 3 aromatic rings. The van der Waals surface area contributed by atoms with Crippen LogP contribution in [0.15, 0.2) is 49.1 Å². The van der Waals surface area contributed by atoms with Crippen LogP contribution in [-0.2, 0) is 13.5 Å². The molecular weight excluding hydrogens is 318 g/mol. The summed E-state index contributed by atoms with van der Waals surface area (Å²) in [6.07, 6.45) is 8.71. The van der Waals surface area contributed by atoms with Gasteiger partial charge in [0.15, 0.2) is 0 Å². The van der Waals surface area contributed by atoms with Crippen molar-refractivity contribution in [2.75, 3.05) is 0 Å². The third-order valence-corrected chi connectivity index (χ3v) is 4.98. The summed E-state index contributed by atoms with van der Waals surface area (Å²) in [5.74, 6) is 0.209. The van der Waals surface area contributed by atoms with Crippen LogP contribution in [0.3, 0.4) is 0 Å². The van der Waals surface area contributed by atoms with Gasteiger partial charge in [-0.05, 0) is 46.5 Å². The van der Waals surface area contributed by atoms with Crippen molar-refractivity contribution in [3.05, 3.63) is 82.2 Å². The van der Waals surface area contributed by atoms with E-state index in [9.17, 15) is 0 Å². The van der Waals surface area contributed by atoms with Gasteiger partial charge in [0, 0.05) is 42.5 Å². The summed E-state index contributed by atoms with van der Waals surface area (Å²) in [6, 6.07) is 10.3. The van der Waals surface area contributed by atoms with E-state index in [-0.39, 0.29) is 5.92 Å². The Labute approximate surface area is 146 Å². The van der Waals surface area contributed by atoms with Gasteiger partial charge in [-0.2, -0.15) is 0 Å². The molecule has 4 rings (SSSR count). The highest BCUT2D eigenvalue weighted by Crippen LogP contribution is 2.39. The SMILES string of the molecule is C[C@H](C1=Cc2cccnc2Cc2ccc(Cl)cc21)c1cncn1C. The fourth-order valence-electron chi connectivity index (χ4n) is 3.43. The Kier molecular flexibility index (Phi) is 3.73. The molecule has 2 heterocycles. The summed E-state index contributed by atoms with van der Waals surface area (Å²) < 4.78 is 2.07. The predicted molar refractivity (Wildman–Crippen MR) is 98.0 cm³/mol. The summed E-state index contributed by atoms with van der Waals surface area (Å²) in [6.45, 7) is 2.22. The molecule has 0 aliphatic heterocycles. The average molecular weight is 336 g/mol. The van der Waals surface area contributed by atoms with Crippen molar-refractivity contribution in [2.45, 2.75) is 19.3 Å². The Bertz CT molecular complexity index is 940. The lowest BCUT2D eigenvalue weighted by molar-refractivity contribution is 0.794. The number of halogens is 1. The third-order valence-electron chi connectivity index (χ3n) is 4.74. The number of nitrogens with zero attached hydrogens (tertiary/aromatic N) is 3. The Hall–Kier alpha value is -2.39.